The minimum absolute atomic E-state index is 0.150. The van der Waals surface area contributed by atoms with Gasteiger partial charge in [-0.1, -0.05) is 18.2 Å². The first kappa shape index (κ1) is 14.3. The summed E-state index contributed by atoms with van der Waals surface area (Å²) < 4.78 is 27.0. The molecule has 1 N–H and O–H groups in total. The van der Waals surface area contributed by atoms with Crippen LogP contribution in [0.4, 0.5) is 0 Å². The van der Waals surface area contributed by atoms with E-state index in [2.05, 4.69) is 9.97 Å². The van der Waals surface area contributed by atoms with Crippen molar-refractivity contribution < 1.29 is 8.42 Å². The maximum atomic E-state index is 12.7. The van der Waals surface area contributed by atoms with Crippen molar-refractivity contribution in [3.05, 3.63) is 47.5 Å². The fourth-order valence-electron chi connectivity index (χ4n) is 2.80. The largest absolute Gasteiger partial charge is 0.346 e. The minimum Gasteiger partial charge on any atom is -0.346 e. The SMILES string of the molecule is Cc1cnc([C@H]2CCN(S(=O)(=O)c3ccccc3C)C2)[nH]1. The molecule has 112 valence electrons. The highest BCUT2D eigenvalue weighted by atomic mass is 32.2. The van der Waals surface area contributed by atoms with Crippen LogP contribution in [0.3, 0.4) is 0 Å². The van der Waals surface area contributed by atoms with Gasteiger partial charge in [-0.05, 0) is 31.9 Å². The molecule has 5 nitrogen and oxygen atoms in total. The van der Waals surface area contributed by atoms with Gasteiger partial charge in [0.2, 0.25) is 10.0 Å². The van der Waals surface area contributed by atoms with Crippen LogP contribution < -0.4 is 0 Å². The number of aryl methyl sites for hydroxylation is 2. The molecule has 1 fully saturated rings. The molecule has 0 aliphatic carbocycles. The molecule has 1 aromatic heterocycles. The monoisotopic (exact) mass is 305 g/mol. The number of nitrogens with zero attached hydrogens (tertiary/aromatic N) is 2. The van der Waals surface area contributed by atoms with Crippen LogP contribution in [0.1, 0.15) is 29.4 Å². The molecule has 0 unspecified atom stereocenters. The predicted molar refractivity (Wildman–Crippen MR) is 80.6 cm³/mol. The van der Waals surface area contributed by atoms with E-state index in [1.165, 1.54) is 0 Å². The number of hydrogen-bond acceptors (Lipinski definition) is 3. The summed E-state index contributed by atoms with van der Waals surface area (Å²) in [6.45, 7) is 4.81. The van der Waals surface area contributed by atoms with Crippen molar-refractivity contribution in [1.82, 2.24) is 14.3 Å². The number of aromatic amines is 1. The summed E-state index contributed by atoms with van der Waals surface area (Å²) in [7, 11) is -3.41. The third-order valence-corrected chi connectivity index (χ3v) is 6.00. The average molecular weight is 305 g/mol. The molecule has 1 aliphatic rings. The van der Waals surface area contributed by atoms with Crippen molar-refractivity contribution in [2.75, 3.05) is 13.1 Å². The number of hydrogen-bond donors (Lipinski definition) is 1. The van der Waals surface area contributed by atoms with Crippen LogP contribution in [0.25, 0.3) is 0 Å². The second-order valence-corrected chi connectivity index (χ2v) is 7.47. The highest BCUT2D eigenvalue weighted by molar-refractivity contribution is 7.89. The van der Waals surface area contributed by atoms with Crippen LogP contribution in [-0.2, 0) is 10.0 Å². The zero-order valence-electron chi connectivity index (χ0n) is 12.2. The minimum atomic E-state index is -3.41. The number of aromatic nitrogens is 2. The predicted octanol–water partition coefficient (Wildman–Crippen LogP) is 2.20. The number of rotatable bonds is 3. The Labute approximate surface area is 125 Å². The molecule has 1 aliphatic heterocycles. The Morgan fingerprint density at radius 3 is 2.71 bits per heavy atom. The van der Waals surface area contributed by atoms with Crippen LogP contribution in [0.15, 0.2) is 35.4 Å². The number of imidazole rings is 1. The van der Waals surface area contributed by atoms with Gasteiger partial charge in [-0.25, -0.2) is 13.4 Å². The van der Waals surface area contributed by atoms with Gasteiger partial charge in [0.05, 0.1) is 4.90 Å². The van der Waals surface area contributed by atoms with Gasteiger partial charge in [-0.2, -0.15) is 4.31 Å². The molecule has 2 heterocycles. The molecule has 0 radical (unpaired) electrons. The quantitative estimate of drug-likeness (QED) is 0.945. The van der Waals surface area contributed by atoms with Crippen LogP contribution >= 0.6 is 0 Å². The lowest BCUT2D eigenvalue weighted by Gasteiger charge is -2.17. The summed E-state index contributed by atoms with van der Waals surface area (Å²) in [5, 5.41) is 0. The average Bonchev–Trinajstić information content (AvgIpc) is 3.07. The zero-order chi connectivity index (χ0) is 15.0. The number of benzene rings is 1. The first-order chi connectivity index (χ1) is 9.98. The Morgan fingerprint density at radius 2 is 2.05 bits per heavy atom. The summed E-state index contributed by atoms with van der Waals surface area (Å²) >= 11 is 0. The van der Waals surface area contributed by atoms with Crippen LogP contribution in [-0.4, -0.2) is 35.8 Å². The molecule has 3 rings (SSSR count). The number of H-pyrrole nitrogens is 1. The molecule has 0 spiro atoms. The van der Waals surface area contributed by atoms with Gasteiger partial charge in [0.15, 0.2) is 0 Å². The smallest absolute Gasteiger partial charge is 0.243 e. The molecule has 0 bridgehead atoms. The van der Waals surface area contributed by atoms with E-state index in [1.54, 1.807) is 22.6 Å². The van der Waals surface area contributed by atoms with E-state index in [9.17, 15) is 8.42 Å². The van der Waals surface area contributed by atoms with Crippen molar-refractivity contribution in [2.45, 2.75) is 31.1 Å². The van der Waals surface area contributed by atoms with Crippen LogP contribution in [0, 0.1) is 13.8 Å². The molecular weight excluding hydrogens is 286 g/mol. The van der Waals surface area contributed by atoms with E-state index in [4.69, 9.17) is 0 Å². The number of nitrogens with one attached hydrogen (secondary N) is 1. The molecule has 6 heteroatoms. The third-order valence-electron chi connectivity index (χ3n) is 3.97. The normalized spacial score (nSPS) is 20.0. The van der Waals surface area contributed by atoms with Crippen LogP contribution in [0.5, 0.6) is 0 Å². The molecule has 1 atom stereocenters. The molecule has 2 aromatic rings. The van der Waals surface area contributed by atoms with Crippen molar-refractivity contribution in [2.24, 2.45) is 0 Å². The summed E-state index contributed by atoms with van der Waals surface area (Å²) in [5.41, 5.74) is 1.79. The Hall–Kier alpha value is -1.66. The molecular formula is C15H19N3O2S. The first-order valence-corrected chi connectivity index (χ1v) is 8.50. The van der Waals surface area contributed by atoms with Crippen LogP contribution in [0.2, 0.25) is 0 Å². The fourth-order valence-corrected chi connectivity index (χ4v) is 4.52. The molecule has 1 saturated heterocycles. The lowest BCUT2D eigenvalue weighted by molar-refractivity contribution is 0.471. The lowest BCUT2D eigenvalue weighted by Crippen LogP contribution is -2.29. The maximum Gasteiger partial charge on any atom is 0.243 e. The first-order valence-electron chi connectivity index (χ1n) is 7.06. The maximum absolute atomic E-state index is 12.7. The second kappa shape index (κ2) is 5.27. The topological polar surface area (TPSA) is 66.1 Å². The van der Waals surface area contributed by atoms with Gasteiger partial charge >= 0.3 is 0 Å². The van der Waals surface area contributed by atoms with Crippen molar-refractivity contribution >= 4 is 10.0 Å². The van der Waals surface area contributed by atoms with Crippen molar-refractivity contribution in [3.63, 3.8) is 0 Å². The Kier molecular flexibility index (Phi) is 3.59. The lowest BCUT2D eigenvalue weighted by atomic mass is 10.1. The standard InChI is InChI=1S/C15H19N3O2S/c1-11-5-3-4-6-14(11)21(19,20)18-8-7-13(10-18)15-16-9-12(2)17-15/h3-6,9,13H,7-8,10H2,1-2H3,(H,16,17)/t13-/m0/s1. The van der Waals surface area contributed by atoms with Gasteiger partial charge in [0, 0.05) is 30.9 Å². The summed E-state index contributed by atoms with van der Waals surface area (Å²) in [5.74, 6) is 1.03. The van der Waals surface area contributed by atoms with E-state index < -0.39 is 10.0 Å². The van der Waals surface area contributed by atoms with E-state index in [-0.39, 0.29) is 5.92 Å². The number of sulfonamides is 1. The molecule has 0 amide bonds. The van der Waals surface area contributed by atoms with E-state index in [0.717, 1.165) is 23.5 Å². The Bertz CT molecular complexity index is 752. The van der Waals surface area contributed by atoms with Crippen molar-refractivity contribution in [3.8, 4) is 0 Å². The summed E-state index contributed by atoms with van der Waals surface area (Å²) in [4.78, 5) is 7.94. The highest BCUT2D eigenvalue weighted by Crippen LogP contribution is 2.30. The van der Waals surface area contributed by atoms with Gasteiger partial charge in [-0.3, -0.25) is 0 Å². The van der Waals surface area contributed by atoms with Gasteiger partial charge in [0.25, 0.3) is 0 Å². The van der Waals surface area contributed by atoms with Gasteiger partial charge in [0.1, 0.15) is 5.82 Å². The Balaban J connectivity index is 1.84. The zero-order valence-corrected chi connectivity index (χ0v) is 13.0. The van der Waals surface area contributed by atoms with Gasteiger partial charge < -0.3 is 4.98 Å². The fraction of sp³-hybridized carbons (Fsp3) is 0.400. The summed E-state index contributed by atoms with van der Waals surface area (Å²) in [6.07, 6.45) is 2.59. The second-order valence-electron chi connectivity index (χ2n) is 5.57. The molecule has 21 heavy (non-hydrogen) atoms. The van der Waals surface area contributed by atoms with E-state index in [0.29, 0.717) is 18.0 Å². The summed E-state index contributed by atoms with van der Waals surface area (Å²) in [6, 6.07) is 7.13. The van der Waals surface area contributed by atoms with Crippen molar-refractivity contribution in [1.29, 1.82) is 0 Å². The third kappa shape index (κ3) is 2.61. The highest BCUT2D eigenvalue weighted by Gasteiger charge is 2.34. The molecule has 1 aromatic carbocycles. The van der Waals surface area contributed by atoms with Gasteiger partial charge in [-0.15, -0.1) is 0 Å². The van der Waals surface area contributed by atoms with E-state index in [1.807, 2.05) is 26.0 Å². The Morgan fingerprint density at radius 1 is 1.29 bits per heavy atom. The van der Waals surface area contributed by atoms with E-state index >= 15 is 0 Å². The molecule has 0 saturated carbocycles.